The number of ether oxygens (including phenoxy) is 1. The van der Waals surface area contributed by atoms with Crippen molar-refractivity contribution in [3.05, 3.63) is 30.1 Å². The summed E-state index contributed by atoms with van der Waals surface area (Å²) in [5.74, 6) is -0.977. The van der Waals surface area contributed by atoms with Crippen LogP contribution in [0.5, 0.6) is 0 Å². The van der Waals surface area contributed by atoms with Crippen LogP contribution in [0.3, 0.4) is 0 Å². The van der Waals surface area contributed by atoms with E-state index in [2.05, 4.69) is 10.3 Å². The van der Waals surface area contributed by atoms with E-state index in [0.717, 1.165) is 5.56 Å². The van der Waals surface area contributed by atoms with E-state index < -0.39 is 23.1 Å². The van der Waals surface area contributed by atoms with Gasteiger partial charge in [-0.15, -0.1) is 0 Å². The lowest BCUT2D eigenvalue weighted by atomic mass is 9.84. The van der Waals surface area contributed by atoms with Crippen molar-refractivity contribution in [2.24, 2.45) is 5.41 Å². The molecule has 1 unspecified atom stereocenters. The van der Waals surface area contributed by atoms with Crippen molar-refractivity contribution in [3.63, 3.8) is 0 Å². The number of nitrogens with zero attached hydrogens (tertiary/aromatic N) is 1. The Bertz CT molecular complexity index is 496. The molecule has 6 nitrogen and oxygen atoms in total. The smallest absolute Gasteiger partial charge is 0.407 e. The van der Waals surface area contributed by atoms with Crippen molar-refractivity contribution in [1.29, 1.82) is 0 Å². The Balaban J connectivity index is 2.69. The van der Waals surface area contributed by atoms with E-state index in [1.54, 1.807) is 52.2 Å². The standard InChI is InChI=1S/C15H22N2O4/c1-14(2,3)21-13(20)17-10-15(4,12(18)19)9-11-5-7-16-8-6-11/h5-8H,9-10H2,1-4H3,(H,17,20)(H,18,19). The summed E-state index contributed by atoms with van der Waals surface area (Å²) in [5.41, 5.74) is -0.881. The van der Waals surface area contributed by atoms with Gasteiger partial charge < -0.3 is 15.2 Å². The Labute approximate surface area is 124 Å². The second kappa shape index (κ2) is 6.56. The molecule has 0 aromatic carbocycles. The summed E-state index contributed by atoms with van der Waals surface area (Å²) < 4.78 is 5.11. The van der Waals surface area contributed by atoms with Crippen LogP contribution in [-0.4, -0.2) is 34.3 Å². The predicted molar refractivity (Wildman–Crippen MR) is 77.9 cm³/mol. The van der Waals surface area contributed by atoms with E-state index in [0.29, 0.717) is 6.42 Å². The van der Waals surface area contributed by atoms with Gasteiger partial charge in [-0.1, -0.05) is 0 Å². The average molecular weight is 294 g/mol. The van der Waals surface area contributed by atoms with Gasteiger partial charge >= 0.3 is 12.1 Å². The maximum atomic E-state index is 11.6. The van der Waals surface area contributed by atoms with Crippen LogP contribution < -0.4 is 5.32 Å². The zero-order valence-electron chi connectivity index (χ0n) is 12.8. The number of carboxylic acids is 1. The third-order valence-electron chi connectivity index (χ3n) is 2.88. The molecular formula is C15H22N2O4. The number of carbonyl (C=O) groups is 2. The first-order valence-corrected chi connectivity index (χ1v) is 6.71. The molecule has 0 saturated heterocycles. The summed E-state index contributed by atoms with van der Waals surface area (Å²) in [6.45, 7) is 6.83. The number of carboxylic acid groups (broad SMARTS) is 1. The molecule has 0 aliphatic heterocycles. The van der Waals surface area contributed by atoms with E-state index in [-0.39, 0.29) is 6.54 Å². The molecule has 1 atom stereocenters. The Morgan fingerprint density at radius 1 is 1.24 bits per heavy atom. The Morgan fingerprint density at radius 2 is 1.81 bits per heavy atom. The van der Waals surface area contributed by atoms with Gasteiger partial charge in [-0.05, 0) is 51.8 Å². The number of amides is 1. The molecule has 0 aliphatic carbocycles. The second-order valence-electron chi connectivity index (χ2n) is 6.25. The fourth-order valence-corrected chi connectivity index (χ4v) is 1.75. The highest BCUT2D eigenvalue weighted by atomic mass is 16.6. The highest BCUT2D eigenvalue weighted by Gasteiger charge is 2.34. The zero-order valence-corrected chi connectivity index (χ0v) is 12.8. The van der Waals surface area contributed by atoms with Crippen molar-refractivity contribution in [2.75, 3.05) is 6.54 Å². The van der Waals surface area contributed by atoms with E-state index in [9.17, 15) is 14.7 Å². The number of pyridine rings is 1. The molecule has 0 bridgehead atoms. The molecule has 0 radical (unpaired) electrons. The van der Waals surface area contributed by atoms with E-state index in [1.807, 2.05) is 0 Å². The Kier molecular flexibility index (Phi) is 5.29. The van der Waals surface area contributed by atoms with E-state index in [1.165, 1.54) is 0 Å². The summed E-state index contributed by atoms with van der Waals surface area (Å²) in [6.07, 6.45) is 2.89. The van der Waals surface area contributed by atoms with Crippen molar-refractivity contribution in [2.45, 2.75) is 39.7 Å². The Morgan fingerprint density at radius 3 is 2.29 bits per heavy atom. The highest BCUT2D eigenvalue weighted by Crippen LogP contribution is 2.22. The molecule has 2 N–H and O–H groups in total. The van der Waals surface area contributed by atoms with Crippen LogP contribution >= 0.6 is 0 Å². The van der Waals surface area contributed by atoms with Crippen molar-refractivity contribution >= 4 is 12.1 Å². The predicted octanol–water partition coefficient (Wildman–Crippen LogP) is 2.24. The molecule has 1 heterocycles. The molecule has 0 saturated carbocycles. The normalized spacial score (nSPS) is 14.1. The van der Waals surface area contributed by atoms with Gasteiger partial charge in [0, 0.05) is 18.9 Å². The van der Waals surface area contributed by atoms with Crippen LogP contribution in [0.25, 0.3) is 0 Å². The number of rotatable bonds is 5. The van der Waals surface area contributed by atoms with Crippen molar-refractivity contribution in [1.82, 2.24) is 10.3 Å². The molecule has 0 spiro atoms. The molecule has 116 valence electrons. The first-order chi connectivity index (χ1) is 9.62. The van der Waals surface area contributed by atoms with Gasteiger partial charge in [0.15, 0.2) is 0 Å². The molecule has 1 aromatic heterocycles. The molecule has 1 rings (SSSR count). The summed E-state index contributed by atoms with van der Waals surface area (Å²) in [5, 5.41) is 12.0. The van der Waals surface area contributed by atoms with E-state index >= 15 is 0 Å². The van der Waals surface area contributed by atoms with Gasteiger partial charge in [-0.2, -0.15) is 0 Å². The first kappa shape index (κ1) is 16.9. The fourth-order valence-electron chi connectivity index (χ4n) is 1.75. The number of aliphatic carboxylic acids is 1. The third kappa shape index (κ3) is 5.81. The number of hydrogen-bond donors (Lipinski definition) is 2. The molecule has 6 heteroatoms. The zero-order chi connectivity index (χ0) is 16.1. The topological polar surface area (TPSA) is 88.5 Å². The third-order valence-corrected chi connectivity index (χ3v) is 2.88. The molecule has 0 fully saturated rings. The fraction of sp³-hybridized carbons (Fsp3) is 0.533. The van der Waals surface area contributed by atoms with E-state index in [4.69, 9.17) is 4.74 Å². The maximum absolute atomic E-state index is 11.6. The Hall–Kier alpha value is -2.11. The average Bonchev–Trinajstić information content (AvgIpc) is 2.35. The first-order valence-electron chi connectivity index (χ1n) is 6.71. The molecule has 21 heavy (non-hydrogen) atoms. The van der Waals surface area contributed by atoms with Gasteiger partial charge in [-0.25, -0.2) is 4.79 Å². The van der Waals surface area contributed by atoms with Crippen molar-refractivity contribution < 1.29 is 19.4 Å². The lowest BCUT2D eigenvalue weighted by Gasteiger charge is -2.26. The maximum Gasteiger partial charge on any atom is 0.407 e. The summed E-state index contributed by atoms with van der Waals surface area (Å²) >= 11 is 0. The number of nitrogens with one attached hydrogen (secondary N) is 1. The van der Waals surface area contributed by atoms with Gasteiger partial charge in [0.05, 0.1) is 5.41 Å². The molecule has 0 aliphatic rings. The van der Waals surface area contributed by atoms with Crippen LogP contribution in [0, 0.1) is 5.41 Å². The quantitative estimate of drug-likeness (QED) is 0.869. The van der Waals surface area contributed by atoms with Crippen LogP contribution in [0.2, 0.25) is 0 Å². The number of alkyl carbamates (subject to hydrolysis) is 1. The summed E-state index contributed by atoms with van der Waals surface area (Å²) in [7, 11) is 0. The minimum Gasteiger partial charge on any atom is -0.481 e. The minimum atomic E-state index is -1.11. The van der Waals surface area contributed by atoms with Crippen LogP contribution in [0.1, 0.15) is 33.3 Å². The lowest BCUT2D eigenvalue weighted by Crippen LogP contribution is -2.44. The van der Waals surface area contributed by atoms with Crippen LogP contribution in [0.15, 0.2) is 24.5 Å². The van der Waals surface area contributed by atoms with Crippen LogP contribution in [0.4, 0.5) is 4.79 Å². The van der Waals surface area contributed by atoms with Gasteiger partial charge in [0.2, 0.25) is 0 Å². The second-order valence-corrected chi connectivity index (χ2v) is 6.25. The summed E-state index contributed by atoms with van der Waals surface area (Å²) in [4.78, 5) is 27.1. The SMILES string of the molecule is CC(C)(C)OC(=O)NCC(C)(Cc1ccncc1)C(=O)O. The summed E-state index contributed by atoms with van der Waals surface area (Å²) in [6, 6.07) is 3.52. The monoisotopic (exact) mass is 294 g/mol. The number of aromatic nitrogens is 1. The van der Waals surface area contributed by atoms with Gasteiger partial charge in [0.25, 0.3) is 0 Å². The molecular weight excluding hydrogens is 272 g/mol. The lowest BCUT2D eigenvalue weighted by molar-refractivity contribution is -0.147. The molecule has 1 amide bonds. The highest BCUT2D eigenvalue weighted by molar-refractivity contribution is 5.76. The molecule has 1 aromatic rings. The van der Waals surface area contributed by atoms with Crippen LogP contribution in [-0.2, 0) is 16.0 Å². The van der Waals surface area contributed by atoms with Gasteiger partial charge in [-0.3, -0.25) is 9.78 Å². The number of hydrogen-bond acceptors (Lipinski definition) is 4. The largest absolute Gasteiger partial charge is 0.481 e. The van der Waals surface area contributed by atoms with Gasteiger partial charge in [0.1, 0.15) is 5.60 Å². The number of carbonyl (C=O) groups excluding carboxylic acids is 1. The van der Waals surface area contributed by atoms with Crippen molar-refractivity contribution in [3.8, 4) is 0 Å². The minimum absolute atomic E-state index is 0.0143.